The Morgan fingerprint density at radius 3 is 2.59 bits per heavy atom. The Morgan fingerprint density at radius 1 is 1.23 bits per heavy atom. The molecular formula is C16H17NO5. The number of nitrogens with zero attached hydrogens (tertiary/aromatic N) is 1. The summed E-state index contributed by atoms with van der Waals surface area (Å²) in [6.45, 7) is 3.79. The number of hydrogen-bond acceptors (Lipinski definition) is 5. The molecule has 2 amide bonds. The Hall–Kier alpha value is -2.21. The summed E-state index contributed by atoms with van der Waals surface area (Å²) in [5.74, 6) is -0.848. The van der Waals surface area contributed by atoms with Gasteiger partial charge in [-0.2, -0.15) is 0 Å². The van der Waals surface area contributed by atoms with Gasteiger partial charge in [-0.25, -0.2) is 0 Å². The third kappa shape index (κ3) is 2.74. The lowest BCUT2D eigenvalue weighted by atomic mass is 10.1. The lowest BCUT2D eigenvalue weighted by Gasteiger charge is -2.32. The van der Waals surface area contributed by atoms with Crippen molar-refractivity contribution in [2.24, 2.45) is 0 Å². The molecule has 1 aromatic rings. The van der Waals surface area contributed by atoms with Crippen LogP contribution in [0.1, 0.15) is 42.6 Å². The summed E-state index contributed by atoms with van der Waals surface area (Å²) in [6.07, 6.45) is 0.375. The molecule has 3 rings (SSSR count). The van der Waals surface area contributed by atoms with Crippen molar-refractivity contribution < 1.29 is 23.9 Å². The molecule has 6 heteroatoms. The zero-order valence-electron chi connectivity index (χ0n) is 12.5. The van der Waals surface area contributed by atoms with E-state index in [1.165, 1.54) is 0 Å². The average molecular weight is 303 g/mol. The Balaban J connectivity index is 1.77. The highest BCUT2D eigenvalue weighted by molar-refractivity contribution is 6.07. The third-order valence-electron chi connectivity index (χ3n) is 3.77. The number of rotatable bonds is 3. The molecular weight excluding hydrogens is 286 g/mol. The molecule has 0 aliphatic carbocycles. The van der Waals surface area contributed by atoms with Gasteiger partial charge >= 0.3 is 0 Å². The van der Waals surface area contributed by atoms with Crippen LogP contribution in [0.5, 0.6) is 5.75 Å². The summed E-state index contributed by atoms with van der Waals surface area (Å²) in [5, 5.41) is 0. The van der Waals surface area contributed by atoms with E-state index in [1.54, 1.807) is 18.2 Å². The molecule has 1 aromatic carbocycles. The van der Waals surface area contributed by atoms with Gasteiger partial charge in [-0.1, -0.05) is 0 Å². The number of ether oxygens (including phenoxy) is 2. The fourth-order valence-electron chi connectivity index (χ4n) is 2.55. The first kappa shape index (κ1) is 14.7. The lowest BCUT2D eigenvalue weighted by molar-refractivity contribution is -0.180. The van der Waals surface area contributed by atoms with E-state index in [4.69, 9.17) is 9.47 Å². The molecule has 0 atom stereocenters. The number of hydrogen-bond donors (Lipinski definition) is 0. The van der Waals surface area contributed by atoms with Crippen molar-refractivity contribution >= 4 is 17.6 Å². The molecule has 1 saturated heterocycles. The Kier molecular flexibility index (Phi) is 3.48. The minimum atomic E-state index is -0.688. The van der Waals surface area contributed by atoms with Crippen molar-refractivity contribution in [1.29, 1.82) is 0 Å². The van der Waals surface area contributed by atoms with Crippen molar-refractivity contribution in [3.8, 4) is 5.75 Å². The van der Waals surface area contributed by atoms with Crippen LogP contribution in [0.4, 0.5) is 0 Å². The number of carbonyl (C=O) groups excluding carboxylic acids is 3. The second-order valence-corrected chi connectivity index (χ2v) is 5.91. The minimum Gasteiger partial charge on any atom is -0.463 e. The predicted molar refractivity (Wildman–Crippen MR) is 76.2 cm³/mol. The third-order valence-corrected chi connectivity index (χ3v) is 3.77. The van der Waals surface area contributed by atoms with Crippen LogP contribution in [0.2, 0.25) is 0 Å². The first-order valence-corrected chi connectivity index (χ1v) is 7.18. The summed E-state index contributed by atoms with van der Waals surface area (Å²) in [5.41, 5.74) is 1.22. The highest BCUT2D eigenvalue weighted by Gasteiger charge is 2.31. The van der Waals surface area contributed by atoms with E-state index in [9.17, 15) is 14.4 Å². The van der Waals surface area contributed by atoms with E-state index in [1.807, 2.05) is 13.8 Å². The molecule has 0 spiro atoms. The molecule has 2 aliphatic rings. The summed E-state index contributed by atoms with van der Waals surface area (Å²) < 4.78 is 11.2. The molecule has 0 radical (unpaired) electrons. The van der Waals surface area contributed by atoms with E-state index in [0.717, 1.165) is 10.5 Å². The molecule has 22 heavy (non-hydrogen) atoms. The lowest BCUT2D eigenvalue weighted by Crippen LogP contribution is -2.36. The van der Waals surface area contributed by atoms with Gasteiger partial charge in [0, 0.05) is 37.8 Å². The van der Waals surface area contributed by atoms with E-state index >= 15 is 0 Å². The number of ketones is 1. The van der Waals surface area contributed by atoms with Gasteiger partial charge in [0.2, 0.25) is 17.6 Å². The number of Topliss-reactive ketones (excluding diaryl/α,β-unsaturated/α-hetero) is 1. The van der Waals surface area contributed by atoms with Crippen LogP contribution in [-0.4, -0.2) is 34.8 Å². The molecule has 116 valence electrons. The maximum absolute atomic E-state index is 12.3. The van der Waals surface area contributed by atoms with Gasteiger partial charge in [0.15, 0.2) is 5.78 Å². The second kappa shape index (κ2) is 5.21. The first-order valence-electron chi connectivity index (χ1n) is 7.18. The van der Waals surface area contributed by atoms with Crippen molar-refractivity contribution in [2.45, 2.75) is 39.1 Å². The smallest absolute Gasteiger partial charge is 0.230 e. The van der Waals surface area contributed by atoms with Gasteiger partial charge < -0.3 is 9.47 Å². The van der Waals surface area contributed by atoms with Gasteiger partial charge in [-0.3, -0.25) is 19.3 Å². The monoisotopic (exact) mass is 303 g/mol. The molecule has 1 fully saturated rings. The van der Waals surface area contributed by atoms with Gasteiger partial charge in [0.1, 0.15) is 5.75 Å². The van der Waals surface area contributed by atoms with Crippen molar-refractivity contribution in [2.75, 3.05) is 6.54 Å². The molecule has 6 nitrogen and oxygen atoms in total. The largest absolute Gasteiger partial charge is 0.463 e. The zero-order valence-corrected chi connectivity index (χ0v) is 12.5. The fourth-order valence-corrected chi connectivity index (χ4v) is 2.55. The second-order valence-electron chi connectivity index (χ2n) is 5.91. The molecule has 0 bridgehead atoms. The standard InChI is InChI=1S/C16H17NO5/c1-16(2)21-9-11-7-10(3-4-13(11)22-16)12(18)8-17-14(19)5-6-15(17)20/h3-4,7H,5-6,8-9H2,1-2H3. The van der Waals surface area contributed by atoms with Crippen LogP contribution >= 0.6 is 0 Å². The van der Waals surface area contributed by atoms with Crippen molar-refractivity contribution in [1.82, 2.24) is 4.90 Å². The highest BCUT2D eigenvalue weighted by Crippen LogP contribution is 2.31. The number of benzene rings is 1. The Labute approximate surface area is 128 Å². The highest BCUT2D eigenvalue weighted by atomic mass is 16.7. The fraction of sp³-hybridized carbons (Fsp3) is 0.438. The van der Waals surface area contributed by atoms with Gasteiger partial charge in [-0.15, -0.1) is 0 Å². The summed E-state index contributed by atoms with van der Waals surface area (Å²) >= 11 is 0. The van der Waals surface area contributed by atoms with Crippen LogP contribution in [0.15, 0.2) is 18.2 Å². The number of carbonyl (C=O) groups is 3. The van der Waals surface area contributed by atoms with Crippen molar-refractivity contribution in [3.05, 3.63) is 29.3 Å². The Bertz CT molecular complexity index is 649. The summed E-state index contributed by atoms with van der Waals surface area (Å²) in [4.78, 5) is 36.4. The van der Waals surface area contributed by atoms with Crippen LogP contribution < -0.4 is 4.74 Å². The van der Waals surface area contributed by atoms with Crippen LogP contribution in [0.25, 0.3) is 0 Å². The van der Waals surface area contributed by atoms with Crippen LogP contribution in [0.3, 0.4) is 0 Å². The van der Waals surface area contributed by atoms with E-state index in [0.29, 0.717) is 17.9 Å². The van der Waals surface area contributed by atoms with E-state index in [2.05, 4.69) is 0 Å². The molecule has 2 heterocycles. The molecule has 2 aliphatic heterocycles. The zero-order chi connectivity index (χ0) is 15.9. The normalized spacial score (nSPS) is 19.8. The minimum absolute atomic E-state index is 0.188. The molecule has 0 N–H and O–H groups in total. The maximum atomic E-state index is 12.3. The van der Waals surface area contributed by atoms with Crippen LogP contribution in [-0.2, 0) is 20.9 Å². The topological polar surface area (TPSA) is 72.9 Å². The SMILES string of the molecule is CC1(C)OCc2cc(C(=O)CN3C(=O)CCC3=O)ccc2O1. The number of fused-ring (bicyclic) bond motifs is 1. The maximum Gasteiger partial charge on any atom is 0.230 e. The van der Waals surface area contributed by atoms with Gasteiger partial charge in [0.25, 0.3) is 0 Å². The van der Waals surface area contributed by atoms with Gasteiger partial charge in [-0.05, 0) is 18.2 Å². The van der Waals surface area contributed by atoms with Crippen LogP contribution in [0, 0.1) is 0 Å². The van der Waals surface area contributed by atoms with E-state index < -0.39 is 5.79 Å². The number of amides is 2. The molecule has 0 unspecified atom stereocenters. The quantitative estimate of drug-likeness (QED) is 0.627. The predicted octanol–water partition coefficient (Wildman–Crippen LogP) is 1.66. The summed E-state index contributed by atoms with van der Waals surface area (Å²) in [6, 6.07) is 5.06. The van der Waals surface area contributed by atoms with Gasteiger partial charge in [0.05, 0.1) is 13.2 Å². The number of imide groups is 1. The number of likely N-dealkylation sites (tertiary alicyclic amines) is 1. The Morgan fingerprint density at radius 2 is 1.91 bits per heavy atom. The van der Waals surface area contributed by atoms with E-state index in [-0.39, 0.29) is 37.0 Å². The summed E-state index contributed by atoms with van der Waals surface area (Å²) in [7, 11) is 0. The average Bonchev–Trinajstić information content (AvgIpc) is 2.77. The first-order chi connectivity index (χ1) is 10.4. The van der Waals surface area contributed by atoms with Crippen molar-refractivity contribution in [3.63, 3.8) is 0 Å². The molecule has 0 saturated carbocycles. The molecule has 0 aromatic heterocycles.